The van der Waals surface area contributed by atoms with Crippen molar-refractivity contribution in [3.05, 3.63) is 22.9 Å². The van der Waals surface area contributed by atoms with Gasteiger partial charge >= 0.3 is 0 Å². The van der Waals surface area contributed by atoms with Crippen molar-refractivity contribution in [2.24, 2.45) is 11.8 Å². The molecule has 2 heterocycles. The molecule has 0 radical (unpaired) electrons. The van der Waals surface area contributed by atoms with Crippen LogP contribution in [0.15, 0.2) is 6.07 Å². The third-order valence-electron chi connectivity index (χ3n) is 4.35. The lowest BCUT2D eigenvalue weighted by atomic mass is 9.91. The number of aryl methyl sites for hydroxylation is 2. The number of hydrogen-bond acceptors (Lipinski definition) is 3. The summed E-state index contributed by atoms with van der Waals surface area (Å²) in [5.74, 6) is 2.73. The Morgan fingerprint density at radius 1 is 1.24 bits per heavy atom. The van der Waals surface area contributed by atoms with Crippen molar-refractivity contribution < 1.29 is 0 Å². The summed E-state index contributed by atoms with van der Waals surface area (Å²) < 4.78 is 0. The second-order valence-corrected chi connectivity index (χ2v) is 6.91. The molecule has 1 aliphatic rings. The Morgan fingerprint density at radius 3 is 2.52 bits per heavy atom. The number of piperidine rings is 1. The van der Waals surface area contributed by atoms with E-state index in [9.17, 15) is 0 Å². The minimum Gasteiger partial charge on any atom is -0.356 e. The fourth-order valence-electron chi connectivity index (χ4n) is 3.55. The minimum absolute atomic E-state index is 0.757. The van der Waals surface area contributed by atoms with Crippen molar-refractivity contribution in [3.63, 3.8) is 0 Å². The largest absolute Gasteiger partial charge is 0.356 e. The van der Waals surface area contributed by atoms with Crippen LogP contribution in [0.2, 0.25) is 0 Å². The molecule has 3 heteroatoms. The summed E-state index contributed by atoms with van der Waals surface area (Å²) in [7, 11) is 0. The number of anilines is 1. The predicted molar refractivity (Wildman–Crippen MR) is 90.9 cm³/mol. The lowest BCUT2D eigenvalue weighted by molar-refractivity contribution is 0.354. The Labute approximate surface area is 130 Å². The topological polar surface area (TPSA) is 28.2 Å². The summed E-state index contributed by atoms with van der Waals surface area (Å²) in [4.78, 5) is 7.41. The van der Waals surface area contributed by atoms with E-state index >= 15 is 0 Å². The molecule has 2 atom stereocenters. The van der Waals surface area contributed by atoms with Gasteiger partial charge in [-0.25, -0.2) is 4.98 Å². The molecule has 1 saturated heterocycles. The zero-order chi connectivity index (χ0) is 15.4. The van der Waals surface area contributed by atoms with Crippen LogP contribution in [0.25, 0.3) is 0 Å². The molecule has 1 N–H and O–H groups in total. The number of rotatable bonds is 5. The van der Waals surface area contributed by atoms with Gasteiger partial charge in [0.05, 0.1) is 0 Å². The third kappa shape index (κ3) is 4.19. The summed E-state index contributed by atoms with van der Waals surface area (Å²) in [6.07, 6.45) is 2.51. The van der Waals surface area contributed by atoms with Gasteiger partial charge < -0.3 is 10.2 Å². The van der Waals surface area contributed by atoms with Crippen molar-refractivity contribution >= 4 is 5.82 Å². The maximum absolute atomic E-state index is 4.89. The number of nitrogens with one attached hydrogen (secondary N) is 1. The Hall–Kier alpha value is -1.09. The number of pyridine rings is 1. The van der Waals surface area contributed by atoms with Crippen LogP contribution in [0, 0.1) is 25.7 Å². The molecule has 3 nitrogen and oxygen atoms in total. The van der Waals surface area contributed by atoms with Gasteiger partial charge in [-0.2, -0.15) is 0 Å². The lowest BCUT2D eigenvalue weighted by Crippen LogP contribution is -2.40. The van der Waals surface area contributed by atoms with Crippen molar-refractivity contribution in [1.29, 1.82) is 0 Å². The van der Waals surface area contributed by atoms with E-state index in [1.54, 1.807) is 0 Å². The SMILES string of the molecule is CCCNCc1c(C)cc(C)nc1N1CC(C)CC(C)C1. The van der Waals surface area contributed by atoms with E-state index in [0.29, 0.717) is 0 Å². The maximum atomic E-state index is 4.89. The third-order valence-corrected chi connectivity index (χ3v) is 4.35. The van der Waals surface area contributed by atoms with E-state index in [2.05, 4.69) is 50.9 Å². The van der Waals surface area contributed by atoms with E-state index in [1.807, 2.05) is 0 Å². The van der Waals surface area contributed by atoms with Crippen LogP contribution in [-0.4, -0.2) is 24.6 Å². The summed E-state index contributed by atoms with van der Waals surface area (Å²) in [5.41, 5.74) is 3.88. The first-order valence-corrected chi connectivity index (χ1v) is 8.44. The number of hydrogen-bond donors (Lipinski definition) is 1. The van der Waals surface area contributed by atoms with Gasteiger partial charge in [-0.05, 0) is 56.7 Å². The highest BCUT2D eigenvalue weighted by Gasteiger charge is 2.25. The van der Waals surface area contributed by atoms with Crippen molar-refractivity contribution in [2.45, 2.75) is 54.0 Å². The van der Waals surface area contributed by atoms with Gasteiger partial charge in [-0.3, -0.25) is 0 Å². The van der Waals surface area contributed by atoms with E-state index in [-0.39, 0.29) is 0 Å². The Bertz CT molecular complexity index is 460. The molecule has 0 amide bonds. The normalized spacial score (nSPS) is 22.6. The van der Waals surface area contributed by atoms with Gasteiger partial charge in [0, 0.05) is 30.9 Å². The highest BCUT2D eigenvalue weighted by molar-refractivity contribution is 5.52. The zero-order valence-corrected chi connectivity index (χ0v) is 14.4. The highest BCUT2D eigenvalue weighted by Crippen LogP contribution is 2.29. The van der Waals surface area contributed by atoms with Crippen LogP contribution < -0.4 is 10.2 Å². The van der Waals surface area contributed by atoms with E-state index in [4.69, 9.17) is 4.98 Å². The maximum Gasteiger partial charge on any atom is 0.133 e. The van der Waals surface area contributed by atoms with Crippen LogP contribution in [-0.2, 0) is 6.54 Å². The number of nitrogens with zero attached hydrogens (tertiary/aromatic N) is 2. The molecule has 1 aliphatic heterocycles. The molecular formula is C18H31N3. The fraction of sp³-hybridized carbons (Fsp3) is 0.722. The Kier molecular flexibility index (Phi) is 5.63. The molecular weight excluding hydrogens is 258 g/mol. The molecule has 1 aromatic heterocycles. The van der Waals surface area contributed by atoms with Crippen molar-refractivity contribution in [1.82, 2.24) is 10.3 Å². The van der Waals surface area contributed by atoms with Crippen LogP contribution in [0.4, 0.5) is 5.82 Å². The van der Waals surface area contributed by atoms with Crippen LogP contribution >= 0.6 is 0 Å². The van der Waals surface area contributed by atoms with Gasteiger partial charge in [-0.15, -0.1) is 0 Å². The van der Waals surface area contributed by atoms with Crippen LogP contribution in [0.1, 0.15) is 50.4 Å². The fourth-order valence-corrected chi connectivity index (χ4v) is 3.55. The standard InChI is InChI=1S/C18H31N3/c1-6-7-19-10-17-15(4)9-16(5)20-18(17)21-11-13(2)8-14(3)12-21/h9,13-14,19H,6-8,10-12H2,1-5H3. The molecule has 118 valence electrons. The van der Waals surface area contributed by atoms with Crippen LogP contribution in [0.3, 0.4) is 0 Å². The minimum atomic E-state index is 0.757. The zero-order valence-electron chi connectivity index (χ0n) is 14.4. The van der Waals surface area contributed by atoms with Gasteiger partial charge in [0.2, 0.25) is 0 Å². The first-order chi connectivity index (χ1) is 10.0. The average Bonchev–Trinajstić information content (AvgIpc) is 2.39. The predicted octanol–water partition coefficient (Wildman–Crippen LogP) is 3.68. The molecule has 0 spiro atoms. The molecule has 2 rings (SSSR count). The second kappa shape index (κ2) is 7.26. The molecule has 1 fully saturated rings. The van der Waals surface area contributed by atoms with Crippen LogP contribution in [0.5, 0.6) is 0 Å². The quantitative estimate of drug-likeness (QED) is 0.838. The summed E-state index contributed by atoms with van der Waals surface area (Å²) in [6, 6.07) is 2.21. The van der Waals surface area contributed by atoms with E-state index in [0.717, 1.165) is 43.7 Å². The van der Waals surface area contributed by atoms with Gasteiger partial charge in [-0.1, -0.05) is 20.8 Å². The molecule has 0 aromatic carbocycles. The van der Waals surface area contributed by atoms with E-state index in [1.165, 1.54) is 29.8 Å². The monoisotopic (exact) mass is 289 g/mol. The number of aromatic nitrogens is 1. The molecule has 2 unspecified atom stereocenters. The Balaban J connectivity index is 2.27. The van der Waals surface area contributed by atoms with Crippen molar-refractivity contribution in [3.8, 4) is 0 Å². The second-order valence-electron chi connectivity index (χ2n) is 6.91. The van der Waals surface area contributed by atoms with Crippen molar-refractivity contribution in [2.75, 3.05) is 24.5 Å². The first-order valence-electron chi connectivity index (χ1n) is 8.44. The van der Waals surface area contributed by atoms with Gasteiger partial charge in [0.1, 0.15) is 5.82 Å². The molecule has 0 aliphatic carbocycles. The lowest BCUT2D eigenvalue weighted by Gasteiger charge is -2.37. The summed E-state index contributed by atoms with van der Waals surface area (Å²) in [5, 5.41) is 3.55. The highest BCUT2D eigenvalue weighted by atomic mass is 15.2. The molecule has 1 aromatic rings. The van der Waals surface area contributed by atoms with Gasteiger partial charge in [0.15, 0.2) is 0 Å². The van der Waals surface area contributed by atoms with Gasteiger partial charge in [0.25, 0.3) is 0 Å². The molecule has 0 bridgehead atoms. The summed E-state index contributed by atoms with van der Waals surface area (Å²) in [6.45, 7) is 15.5. The summed E-state index contributed by atoms with van der Waals surface area (Å²) >= 11 is 0. The first kappa shape index (κ1) is 16.3. The molecule has 21 heavy (non-hydrogen) atoms. The smallest absolute Gasteiger partial charge is 0.133 e. The van der Waals surface area contributed by atoms with E-state index < -0.39 is 0 Å². The molecule has 0 saturated carbocycles. The Morgan fingerprint density at radius 2 is 1.90 bits per heavy atom. The average molecular weight is 289 g/mol.